The fourth-order valence-corrected chi connectivity index (χ4v) is 3.42. The van der Waals surface area contributed by atoms with Crippen molar-refractivity contribution in [1.29, 1.82) is 0 Å². The molecule has 0 radical (unpaired) electrons. The van der Waals surface area contributed by atoms with Gasteiger partial charge >= 0.3 is 5.97 Å². The van der Waals surface area contributed by atoms with Crippen LogP contribution in [0.15, 0.2) is 36.4 Å². The van der Waals surface area contributed by atoms with Gasteiger partial charge in [-0.2, -0.15) is 0 Å². The summed E-state index contributed by atoms with van der Waals surface area (Å²) in [6.07, 6.45) is -0.534. The number of esters is 1. The third-order valence-electron chi connectivity index (χ3n) is 5.02. The highest BCUT2D eigenvalue weighted by atomic mass is 35.5. The lowest BCUT2D eigenvalue weighted by atomic mass is 10.1. The molecule has 2 atom stereocenters. The Labute approximate surface area is 189 Å². The first-order valence-corrected chi connectivity index (χ1v) is 10.4. The smallest absolute Gasteiger partial charge is 0.338 e. The van der Waals surface area contributed by atoms with E-state index in [9.17, 15) is 19.2 Å². The molecular formula is C22H20Cl2N2O5. The summed E-state index contributed by atoms with van der Waals surface area (Å²) in [5, 5.41) is 3.21. The molecule has 0 fully saturated rings. The van der Waals surface area contributed by atoms with E-state index in [1.165, 1.54) is 42.2 Å². The summed E-state index contributed by atoms with van der Waals surface area (Å²) in [6, 6.07) is 8.45. The van der Waals surface area contributed by atoms with Crippen LogP contribution in [0.25, 0.3) is 0 Å². The zero-order valence-corrected chi connectivity index (χ0v) is 18.6. The molecule has 0 aliphatic carbocycles. The molecule has 3 rings (SSSR count). The number of amides is 3. The largest absolute Gasteiger partial charge is 0.449 e. The first-order chi connectivity index (χ1) is 14.6. The van der Waals surface area contributed by atoms with E-state index in [1.54, 1.807) is 13.0 Å². The standard InChI is InChI=1S/C22H20Cl2N2O5/c1-4-11(2)26-20(28)15-7-5-13(9-16(15)21(26)29)22(30)31-12(3)19(27)25-18-10-14(23)6-8-17(18)24/h5-12H,4H2,1-3H3,(H,25,27). The van der Waals surface area contributed by atoms with Gasteiger partial charge in [0.25, 0.3) is 17.7 Å². The third-order valence-corrected chi connectivity index (χ3v) is 5.59. The lowest BCUT2D eigenvalue weighted by Crippen LogP contribution is -2.37. The van der Waals surface area contributed by atoms with E-state index in [0.29, 0.717) is 11.4 Å². The molecule has 162 valence electrons. The van der Waals surface area contributed by atoms with Crippen LogP contribution in [-0.4, -0.2) is 40.7 Å². The van der Waals surface area contributed by atoms with Crippen molar-refractivity contribution in [3.8, 4) is 0 Å². The molecule has 0 aromatic heterocycles. The molecular weight excluding hydrogens is 443 g/mol. The number of halogens is 2. The third kappa shape index (κ3) is 4.57. The minimum atomic E-state index is -1.15. The van der Waals surface area contributed by atoms with Gasteiger partial charge in [-0.1, -0.05) is 30.1 Å². The van der Waals surface area contributed by atoms with E-state index < -0.39 is 23.9 Å². The number of nitrogens with zero attached hydrogens (tertiary/aromatic N) is 1. The second kappa shape index (κ2) is 9.08. The van der Waals surface area contributed by atoms with Crippen LogP contribution < -0.4 is 5.32 Å². The van der Waals surface area contributed by atoms with Crippen molar-refractivity contribution in [1.82, 2.24) is 4.90 Å². The van der Waals surface area contributed by atoms with E-state index in [4.69, 9.17) is 27.9 Å². The Kier molecular flexibility index (Phi) is 6.67. The van der Waals surface area contributed by atoms with E-state index in [-0.39, 0.29) is 39.3 Å². The molecule has 31 heavy (non-hydrogen) atoms. The van der Waals surface area contributed by atoms with Gasteiger partial charge in [-0.3, -0.25) is 19.3 Å². The van der Waals surface area contributed by atoms with Crippen molar-refractivity contribution >= 4 is 52.6 Å². The molecule has 1 aliphatic rings. The monoisotopic (exact) mass is 462 g/mol. The van der Waals surface area contributed by atoms with E-state index in [0.717, 1.165) is 0 Å². The first kappa shape index (κ1) is 22.8. The maximum Gasteiger partial charge on any atom is 0.338 e. The topological polar surface area (TPSA) is 92.8 Å². The minimum absolute atomic E-state index is 0.0614. The lowest BCUT2D eigenvalue weighted by Gasteiger charge is -2.20. The quantitative estimate of drug-likeness (QED) is 0.501. The van der Waals surface area contributed by atoms with Gasteiger partial charge in [-0.15, -0.1) is 0 Å². The fraction of sp³-hybridized carbons (Fsp3) is 0.273. The number of anilines is 1. The van der Waals surface area contributed by atoms with Crippen molar-refractivity contribution in [2.45, 2.75) is 39.3 Å². The van der Waals surface area contributed by atoms with Gasteiger partial charge in [0.15, 0.2) is 6.10 Å². The molecule has 1 aliphatic heterocycles. The Morgan fingerprint density at radius 2 is 1.71 bits per heavy atom. The van der Waals surface area contributed by atoms with Gasteiger partial charge in [0.05, 0.1) is 27.4 Å². The zero-order chi connectivity index (χ0) is 22.9. The van der Waals surface area contributed by atoms with Crippen molar-refractivity contribution in [3.63, 3.8) is 0 Å². The summed E-state index contributed by atoms with van der Waals surface area (Å²) < 4.78 is 5.22. The highest BCUT2D eigenvalue weighted by Gasteiger charge is 2.38. The fourth-order valence-electron chi connectivity index (χ4n) is 3.08. The van der Waals surface area contributed by atoms with Gasteiger partial charge in [0.2, 0.25) is 0 Å². The van der Waals surface area contributed by atoms with Gasteiger partial charge in [-0.05, 0) is 56.7 Å². The predicted octanol–water partition coefficient (Wildman–Crippen LogP) is 4.57. The Morgan fingerprint density at radius 1 is 1.03 bits per heavy atom. The summed E-state index contributed by atoms with van der Waals surface area (Å²) in [5.41, 5.74) is 0.728. The molecule has 7 nitrogen and oxygen atoms in total. The van der Waals surface area contributed by atoms with Crippen molar-refractivity contribution in [2.75, 3.05) is 5.32 Å². The highest BCUT2D eigenvalue weighted by molar-refractivity contribution is 6.35. The molecule has 2 unspecified atom stereocenters. The Balaban J connectivity index is 1.72. The maximum absolute atomic E-state index is 12.6. The second-order valence-electron chi connectivity index (χ2n) is 7.16. The number of ether oxygens (including phenoxy) is 1. The minimum Gasteiger partial charge on any atom is -0.449 e. The Bertz CT molecular complexity index is 1090. The van der Waals surface area contributed by atoms with Gasteiger partial charge in [0, 0.05) is 11.1 Å². The van der Waals surface area contributed by atoms with Gasteiger partial charge in [-0.25, -0.2) is 4.79 Å². The van der Waals surface area contributed by atoms with Gasteiger partial charge < -0.3 is 10.1 Å². The van der Waals surface area contributed by atoms with Crippen LogP contribution in [0.4, 0.5) is 5.69 Å². The normalized spacial score (nSPS) is 14.8. The van der Waals surface area contributed by atoms with Crippen LogP contribution in [0.5, 0.6) is 0 Å². The SMILES string of the molecule is CCC(C)N1C(=O)c2ccc(C(=O)OC(C)C(=O)Nc3cc(Cl)ccc3Cl)cc2C1=O. The maximum atomic E-state index is 12.6. The molecule has 0 saturated heterocycles. The Hall–Kier alpha value is -2.90. The van der Waals surface area contributed by atoms with E-state index in [2.05, 4.69) is 5.32 Å². The molecule has 0 bridgehead atoms. The zero-order valence-electron chi connectivity index (χ0n) is 17.1. The van der Waals surface area contributed by atoms with Crippen LogP contribution in [-0.2, 0) is 9.53 Å². The summed E-state index contributed by atoms with van der Waals surface area (Å²) in [6.45, 7) is 5.06. The average molecular weight is 463 g/mol. The molecule has 9 heteroatoms. The number of hydrogen-bond donors (Lipinski definition) is 1. The van der Waals surface area contributed by atoms with Crippen molar-refractivity contribution in [3.05, 3.63) is 63.1 Å². The number of nitrogens with one attached hydrogen (secondary N) is 1. The van der Waals surface area contributed by atoms with Crippen LogP contribution in [0.1, 0.15) is 58.3 Å². The summed E-state index contributed by atoms with van der Waals surface area (Å²) in [4.78, 5) is 51.2. The number of carbonyl (C=O) groups excluding carboxylic acids is 4. The molecule has 3 amide bonds. The second-order valence-corrected chi connectivity index (χ2v) is 8.00. The van der Waals surface area contributed by atoms with Crippen molar-refractivity contribution < 1.29 is 23.9 Å². The molecule has 0 spiro atoms. The van der Waals surface area contributed by atoms with E-state index in [1.807, 2.05) is 6.92 Å². The Morgan fingerprint density at radius 3 is 2.39 bits per heavy atom. The number of carbonyl (C=O) groups is 4. The summed E-state index contributed by atoms with van der Waals surface area (Å²) in [7, 11) is 0. The van der Waals surface area contributed by atoms with Crippen LogP contribution >= 0.6 is 23.2 Å². The molecule has 0 saturated carbocycles. The number of benzene rings is 2. The average Bonchev–Trinajstić information content (AvgIpc) is 2.99. The predicted molar refractivity (Wildman–Crippen MR) is 117 cm³/mol. The number of rotatable bonds is 6. The van der Waals surface area contributed by atoms with Crippen LogP contribution in [0, 0.1) is 0 Å². The first-order valence-electron chi connectivity index (χ1n) is 9.62. The molecule has 2 aromatic carbocycles. The summed E-state index contributed by atoms with van der Waals surface area (Å²) >= 11 is 11.9. The lowest BCUT2D eigenvalue weighted by molar-refractivity contribution is -0.123. The van der Waals surface area contributed by atoms with Gasteiger partial charge in [0.1, 0.15) is 0 Å². The molecule has 1 N–H and O–H groups in total. The summed E-state index contributed by atoms with van der Waals surface area (Å²) in [5.74, 6) is -2.25. The highest BCUT2D eigenvalue weighted by Crippen LogP contribution is 2.28. The number of hydrogen-bond acceptors (Lipinski definition) is 5. The molecule has 1 heterocycles. The van der Waals surface area contributed by atoms with Crippen LogP contribution in [0.3, 0.4) is 0 Å². The van der Waals surface area contributed by atoms with Crippen molar-refractivity contribution in [2.24, 2.45) is 0 Å². The van der Waals surface area contributed by atoms with Crippen LogP contribution in [0.2, 0.25) is 10.0 Å². The van der Waals surface area contributed by atoms with E-state index >= 15 is 0 Å². The molecule has 2 aromatic rings. The number of fused-ring (bicyclic) bond motifs is 1. The number of imide groups is 1.